The first kappa shape index (κ1) is 11.4. The van der Waals surface area contributed by atoms with Gasteiger partial charge in [0.25, 0.3) is 0 Å². The Morgan fingerprint density at radius 3 is 2.81 bits per heavy atom. The van der Waals surface area contributed by atoms with Crippen molar-refractivity contribution in [3.05, 3.63) is 29.0 Å². The lowest BCUT2D eigenvalue weighted by Gasteiger charge is -2.07. The van der Waals surface area contributed by atoms with Crippen LogP contribution < -0.4 is 5.32 Å². The van der Waals surface area contributed by atoms with Gasteiger partial charge in [-0.1, -0.05) is 31.5 Å². The van der Waals surface area contributed by atoms with Gasteiger partial charge in [0, 0.05) is 13.1 Å². The second-order valence-electron chi connectivity index (χ2n) is 4.23. The number of benzene rings is 1. The first-order valence-corrected chi connectivity index (χ1v) is 5.80. The molecule has 0 radical (unpaired) electrons. The van der Waals surface area contributed by atoms with Crippen molar-refractivity contribution in [2.24, 2.45) is 7.05 Å². The van der Waals surface area contributed by atoms with Gasteiger partial charge in [0.1, 0.15) is 11.3 Å². The predicted molar refractivity (Wildman–Crippen MR) is 67.7 cm³/mol. The van der Waals surface area contributed by atoms with E-state index in [1.165, 1.54) is 0 Å². The topological polar surface area (TPSA) is 29.9 Å². The van der Waals surface area contributed by atoms with E-state index in [-0.39, 0.29) is 0 Å². The Morgan fingerprint density at radius 1 is 1.44 bits per heavy atom. The molecule has 1 aromatic carbocycles. The summed E-state index contributed by atoms with van der Waals surface area (Å²) in [6, 6.07) is 6.31. The number of imidazole rings is 1. The number of fused-ring (bicyclic) bond motifs is 1. The third-order valence-corrected chi connectivity index (χ3v) is 2.93. The van der Waals surface area contributed by atoms with Crippen LogP contribution in [0.3, 0.4) is 0 Å². The summed E-state index contributed by atoms with van der Waals surface area (Å²) >= 11 is 6.11. The van der Waals surface area contributed by atoms with Crippen LogP contribution in [-0.2, 0) is 13.6 Å². The van der Waals surface area contributed by atoms with Gasteiger partial charge in [-0.2, -0.15) is 0 Å². The molecule has 1 heterocycles. The van der Waals surface area contributed by atoms with Crippen molar-refractivity contribution in [3.8, 4) is 0 Å². The molecule has 0 spiro atoms. The molecule has 4 heteroatoms. The molecule has 0 saturated carbocycles. The smallest absolute Gasteiger partial charge is 0.123 e. The number of hydrogen-bond donors (Lipinski definition) is 1. The molecule has 2 rings (SSSR count). The fourth-order valence-corrected chi connectivity index (χ4v) is 1.89. The van der Waals surface area contributed by atoms with Gasteiger partial charge in [-0.25, -0.2) is 4.98 Å². The van der Waals surface area contributed by atoms with Gasteiger partial charge >= 0.3 is 0 Å². The van der Waals surface area contributed by atoms with Gasteiger partial charge in [-0.15, -0.1) is 0 Å². The van der Waals surface area contributed by atoms with Gasteiger partial charge in [-0.05, 0) is 12.1 Å². The van der Waals surface area contributed by atoms with Crippen LogP contribution in [0.1, 0.15) is 19.7 Å². The highest BCUT2D eigenvalue weighted by Gasteiger charge is 2.09. The molecule has 0 aliphatic rings. The van der Waals surface area contributed by atoms with E-state index in [1.807, 2.05) is 25.2 Å². The summed E-state index contributed by atoms with van der Waals surface area (Å²) in [5.74, 6) is 1.01. The fourth-order valence-electron chi connectivity index (χ4n) is 1.68. The minimum Gasteiger partial charge on any atom is -0.330 e. The van der Waals surface area contributed by atoms with E-state index in [1.54, 1.807) is 0 Å². The van der Waals surface area contributed by atoms with E-state index in [2.05, 4.69) is 28.7 Å². The van der Waals surface area contributed by atoms with Crippen LogP contribution in [0, 0.1) is 0 Å². The summed E-state index contributed by atoms with van der Waals surface area (Å²) in [6.45, 7) is 5.00. The fraction of sp³-hybridized carbons (Fsp3) is 0.417. The number of nitrogens with one attached hydrogen (secondary N) is 1. The number of rotatable bonds is 3. The van der Waals surface area contributed by atoms with E-state index in [0.29, 0.717) is 11.1 Å². The Bertz CT molecular complexity index is 502. The molecule has 0 amide bonds. The number of para-hydroxylation sites is 1. The summed E-state index contributed by atoms with van der Waals surface area (Å²) in [5.41, 5.74) is 1.96. The number of hydrogen-bond acceptors (Lipinski definition) is 2. The van der Waals surface area contributed by atoms with Gasteiger partial charge < -0.3 is 9.88 Å². The summed E-state index contributed by atoms with van der Waals surface area (Å²) < 4.78 is 2.08. The van der Waals surface area contributed by atoms with Crippen LogP contribution in [-0.4, -0.2) is 15.6 Å². The summed E-state index contributed by atoms with van der Waals surface area (Å²) in [5, 5.41) is 4.07. The molecule has 2 aromatic rings. The molecule has 16 heavy (non-hydrogen) atoms. The predicted octanol–water partition coefficient (Wildman–Crippen LogP) is 2.72. The normalized spacial score (nSPS) is 11.6. The van der Waals surface area contributed by atoms with Crippen LogP contribution >= 0.6 is 11.6 Å². The van der Waals surface area contributed by atoms with Crippen LogP contribution in [0.4, 0.5) is 0 Å². The molecule has 0 bridgehead atoms. The van der Waals surface area contributed by atoms with E-state index in [0.717, 1.165) is 23.4 Å². The van der Waals surface area contributed by atoms with Crippen molar-refractivity contribution >= 4 is 22.6 Å². The van der Waals surface area contributed by atoms with E-state index in [4.69, 9.17) is 11.6 Å². The van der Waals surface area contributed by atoms with Crippen molar-refractivity contribution in [1.29, 1.82) is 0 Å². The second kappa shape index (κ2) is 4.44. The largest absolute Gasteiger partial charge is 0.330 e. The molecule has 1 aromatic heterocycles. The van der Waals surface area contributed by atoms with Gasteiger partial charge in [-0.3, -0.25) is 0 Å². The zero-order valence-electron chi connectivity index (χ0n) is 9.79. The maximum atomic E-state index is 6.11. The second-order valence-corrected chi connectivity index (χ2v) is 4.64. The monoisotopic (exact) mass is 237 g/mol. The third kappa shape index (κ3) is 2.06. The van der Waals surface area contributed by atoms with Crippen molar-refractivity contribution < 1.29 is 0 Å². The zero-order valence-corrected chi connectivity index (χ0v) is 10.5. The molecule has 0 aliphatic heterocycles. The van der Waals surface area contributed by atoms with Crippen molar-refractivity contribution in [1.82, 2.24) is 14.9 Å². The molecule has 86 valence electrons. The van der Waals surface area contributed by atoms with Crippen molar-refractivity contribution in [2.75, 3.05) is 0 Å². The summed E-state index contributed by atoms with van der Waals surface area (Å²) in [4.78, 5) is 4.55. The number of nitrogens with zero attached hydrogens (tertiary/aromatic N) is 2. The third-order valence-electron chi connectivity index (χ3n) is 2.62. The molecular formula is C12H16ClN3. The lowest BCUT2D eigenvalue weighted by Crippen LogP contribution is -2.23. The Hall–Kier alpha value is -1.06. The maximum absolute atomic E-state index is 6.11. The van der Waals surface area contributed by atoms with Crippen LogP contribution in [0.15, 0.2) is 18.2 Å². The zero-order chi connectivity index (χ0) is 11.7. The van der Waals surface area contributed by atoms with Gasteiger partial charge in [0.05, 0.1) is 17.1 Å². The van der Waals surface area contributed by atoms with Crippen LogP contribution in [0.25, 0.3) is 11.0 Å². The number of aryl methyl sites for hydroxylation is 1. The Kier molecular flexibility index (Phi) is 3.17. The summed E-state index contributed by atoms with van der Waals surface area (Å²) in [7, 11) is 2.02. The quantitative estimate of drug-likeness (QED) is 0.890. The minimum absolute atomic E-state index is 0.454. The van der Waals surface area contributed by atoms with Crippen LogP contribution in [0.5, 0.6) is 0 Å². The van der Waals surface area contributed by atoms with E-state index >= 15 is 0 Å². The standard InChI is InChI=1S/C12H16ClN3/c1-8(2)14-7-11-15-12-9(13)5-4-6-10(12)16(11)3/h4-6,8,14H,7H2,1-3H3. The first-order valence-electron chi connectivity index (χ1n) is 5.43. The minimum atomic E-state index is 0.454. The van der Waals surface area contributed by atoms with E-state index < -0.39 is 0 Å². The lowest BCUT2D eigenvalue weighted by molar-refractivity contribution is 0.563. The van der Waals surface area contributed by atoms with Gasteiger partial charge in [0.15, 0.2) is 0 Å². The number of aromatic nitrogens is 2. The highest BCUT2D eigenvalue weighted by Crippen LogP contribution is 2.22. The molecule has 0 fully saturated rings. The van der Waals surface area contributed by atoms with E-state index in [9.17, 15) is 0 Å². The van der Waals surface area contributed by atoms with Crippen molar-refractivity contribution in [2.45, 2.75) is 26.4 Å². The average Bonchev–Trinajstić information content (AvgIpc) is 2.55. The Morgan fingerprint density at radius 2 is 2.19 bits per heavy atom. The average molecular weight is 238 g/mol. The molecule has 1 N–H and O–H groups in total. The number of halogens is 1. The maximum Gasteiger partial charge on any atom is 0.123 e. The highest BCUT2D eigenvalue weighted by molar-refractivity contribution is 6.34. The first-order chi connectivity index (χ1) is 7.59. The Labute approximate surface area is 100 Å². The highest BCUT2D eigenvalue weighted by atomic mass is 35.5. The molecule has 3 nitrogen and oxygen atoms in total. The Balaban J connectivity index is 2.40. The summed E-state index contributed by atoms with van der Waals surface area (Å²) in [6.07, 6.45) is 0. The van der Waals surface area contributed by atoms with Crippen LogP contribution in [0.2, 0.25) is 5.02 Å². The van der Waals surface area contributed by atoms with Crippen molar-refractivity contribution in [3.63, 3.8) is 0 Å². The molecule has 0 unspecified atom stereocenters. The molecule has 0 saturated heterocycles. The van der Waals surface area contributed by atoms with Gasteiger partial charge in [0.2, 0.25) is 0 Å². The SMILES string of the molecule is CC(C)NCc1nc2c(Cl)cccc2n1C. The molecular weight excluding hydrogens is 222 g/mol. The molecule has 0 aliphatic carbocycles. The lowest BCUT2D eigenvalue weighted by atomic mass is 10.3. The molecule has 0 atom stereocenters.